The number of anilines is 1. The highest BCUT2D eigenvalue weighted by atomic mass is 32.1. The summed E-state index contributed by atoms with van der Waals surface area (Å²) in [5.41, 5.74) is 0.949. The number of rotatable bonds is 3. The number of nitrogens with zero attached hydrogens (tertiary/aromatic N) is 4. The molecule has 19 heavy (non-hydrogen) atoms. The molecule has 6 heteroatoms. The molecule has 1 saturated heterocycles. The van der Waals surface area contributed by atoms with E-state index in [-0.39, 0.29) is 0 Å². The molecule has 3 heterocycles. The fraction of sp³-hybridized carbons (Fsp3) is 0.538. The molecule has 3 rings (SSSR count). The first-order valence-electron chi connectivity index (χ1n) is 6.53. The van der Waals surface area contributed by atoms with E-state index in [1.54, 1.807) is 11.3 Å². The van der Waals surface area contributed by atoms with Gasteiger partial charge in [0.15, 0.2) is 10.9 Å². The molecule has 5 nitrogen and oxygen atoms in total. The summed E-state index contributed by atoms with van der Waals surface area (Å²) >= 11 is 1.71. The Hall–Kier alpha value is -1.40. The van der Waals surface area contributed by atoms with E-state index in [2.05, 4.69) is 26.9 Å². The van der Waals surface area contributed by atoms with E-state index in [1.165, 1.54) is 0 Å². The normalized spacial score (nSPS) is 20.9. The number of aromatic nitrogens is 2. The van der Waals surface area contributed by atoms with Crippen LogP contribution in [0, 0.1) is 6.92 Å². The van der Waals surface area contributed by atoms with Crippen LogP contribution < -0.4 is 4.90 Å². The maximum Gasteiger partial charge on any atom is 0.185 e. The third kappa shape index (κ3) is 2.79. The van der Waals surface area contributed by atoms with Gasteiger partial charge in [0.2, 0.25) is 0 Å². The van der Waals surface area contributed by atoms with Gasteiger partial charge in [-0.05, 0) is 13.8 Å². The summed E-state index contributed by atoms with van der Waals surface area (Å²) in [6, 6.07) is 2.49. The minimum atomic E-state index is 0.476. The number of hydrogen-bond donors (Lipinski definition) is 0. The maximum atomic E-state index is 5.29. The molecule has 2 aromatic rings. The molecule has 0 radical (unpaired) electrons. The summed E-state index contributed by atoms with van der Waals surface area (Å²) in [6.45, 7) is 8.12. The largest absolute Gasteiger partial charge is 0.360 e. The molecule has 1 aliphatic rings. The first-order valence-corrected chi connectivity index (χ1v) is 7.41. The van der Waals surface area contributed by atoms with Gasteiger partial charge in [-0.3, -0.25) is 4.90 Å². The summed E-state index contributed by atoms with van der Waals surface area (Å²) in [5.74, 6) is 0.951. The molecule has 0 aromatic carbocycles. The minimum absolute atomic E-state index is 0.476. The Morgan fingerprint density at radius 2 is 2.37 bits per heavy atom. The van der Waals surface area contributed by atoms with Crippen molar-refractivity contribution in [3.63, 3.8) is 0 Å². The molecule has 0 saturated carbocycles. The summed E-state index contributed by atoms with van der Waals surface area (Å²) < 4.78 is 5.29. The van der Waals surface area contributed by atoms with Crippen molar-refractivity contribution < 1.29 is 4.52 Å². The molecule has 1 aliphatic heterocycles. The molecule has 0 spiro atoms. The van der Waals surface area contributed by atoms with Crippen molar-refractivity contribution in [1.82, 2.24) is 15.0 Å². The zero-order valence-corrected chi connectivity index (χ0v) is 12.1. The van der Waals surface area contributed by atoms with Crippen molar-refractivity contribution in [2.75, 3.05) is 24.5 Å². The minimum Gasteiger partial charge on any atom is -0.360 e. The molecule has 102 valence electrons. The predicted octanol–water partition coefficient (Wildman–Crippen LogP) is 2.15. The van der Waals surface area contributed by atoms with Crippen LogP contribution in [0.2, 0.25) is 0 Å². The monoisotopic (exact) mass is 278 g/mol. The van der Waals surface area contributed by atoms with Crippen molar-refractivity contribution in [2.24, 2.45) is 0 Å². The van der Waals surface area contributed by atoms with Gasteiger partial charge in [-0.2, -0.15) is 0 Å². The second-order valence-electron chi connectivity index (χ2n) is 5.03. The van der Waals surface area contributed by atoms with Crippen molar-refractivity contribution >= 4 is 16.5 Å². The van der Waals surface area contributed by atoms with Crippen molar-refractivity contribution in [3.8, 4) is 0 Å². The smallest absolute Gasteiger partial charge is 0.185 e. The first kappa shape index (κ1) is 12.6. The van der Waals surface area contributed by atoms with Crippen molar-refractivity contribution in [3.05, 3.63) is 29.1 Å². The van der Waals surface area contributed by atoms with E-state index < -0.39 is 0 Å². The van der Waals surface area contributed by atoms with Gasteiger partial charge in [0, 0.05) is 43.3 Å². The van der Waals surface area contributed by atoms with Gasteiger partial charge in [-0.25, -0.2) is 4.98 Å². The van der Waals surface area contributed by atoms with Crippen LogP contribution in [0.15, 0.2) is 22.2 Å². The number of piperazine rings is 1. The number of thiazole rings is 1. The molecule has 0 N–H and O–H groups in total. The summed E-state index contributed by atoms with van der Waals surface area (Å²) in [4.78, 5) is 9.19. The van der Waals surface area contributed by atoms with Crippen LogP contribution >= 0.6 is 11.3 Å². The fourth-order valence-electron chi connectivity index (χ4n) is 2.53. The van der Waals surface area contributed by atoms with Crippen LogP contribution in [-0.4, -0.2) is 40.7 Å². The van der Waals surface area contributed by atoms with E-state index >= 15 is 0 Å². The van der Waals surface area contributed by atoms with E-state index in [4.69, 9.17) is 4.52 Å². The number of hydrogen-bond acceptors (Lipinski definition) is 6. The van der Waals surface area contributed by atoms with E-state index in [1.807, 2.05) is 24.6 Å². The highest BCUT2D eigenvalue weighted by molar-refractivity contribution is 7.13. The second-order valence-corrected chi connectivity index (χ2v) is 5.90. The third-order valence-corrected chi connectivity index (χ3v) is 4.24. The Labute approximate surface area is 116 Å². The second kappa shape index (κ2) is 5.30. The molecule has 2 aromatic heterocycles. The summed E-state index contributed by atoms with van der Waals surface area (Å²) in [5, 5.41) is 7.10. The SMILES string of the molecule is Cc1cc(CN2CCN(c3nccs3)[C@H](C)C2)on1. The molecule has 1 fully saturated rings. The van der Waals surface area contributed by atoms with Gasteiger partial charge >= 0.3 is 0 Å². The molecule has 0 amide bonds. The summed E-state index contributed by atoms with van der Waals surface area (Å²) in [7, 11) is 0. The lowest BCUT2D eigenvalue weighted by Gasteiger charge is -2.39. The Kier molecular flexibility index (Phi) is 3.52. The topological polar surface area (TPSA) is 45.4 Å². The molecular weight excluding hydrogens is 260 g/mol. The lowest BCUT2D eigenvalue weighted by molar-refractivity contribution is 0.197. The zero-order chi connectivity index (χ0) is 13.2. The Morgan fingerprint density at radius 3 is 3.00 bits per heavy atom. The van der Waals surface area contributed by atoms with E-state index in [9.17, 15) is 0 Å². The van der Waals surface area contributed by atoms with Crippen LogP contribution in [0.25, 0.3) is 0 Å². The maximum absolute atomic E-state index is 5.29. The molecule has 0 bridgehead atoms. The highest BCUT2D eigenvalue weighted by Crippen LogP contribution is 2.23. The van der Waals surface area contributed by atoms with Crippen LogP contribution in [0.3, 0.4) is 0 Å². The van der Waals surface area contributed by atoms with Crippen LogP contribution in [0.5, 0.6) is 0 Å². The van der Waals surface area contributed by atoms with Crippen LogP contribution in [-0.2, 0) is 6.54 Å². The standard InChI is InChI=1S/C13H18N4OS/c1-10-7-12(18-15-10)9-16-4-5-17(11(2)8-16)13-14-3-6-19-13/h3,6-7,11H,4-5,8-9H2,1-2H3/t11-/m1/s1. The average molecular weight is 278 g/mol. The number of aryl methyl sites for hydroxylation is 1. The lowest BCUT2D eigenvalue weighted by Crippen LogP contribution is -2.51. The average Bonchev–Trinajstić information content (AvgIpc) is 3.01. The zero-order valence-electron chi connectivity index (χ0n) is 11.2. The van der Waals surface area contributed by atoms with Gasteiger partial charge < -0.3 is 9.42 Å². The van der Waals surface area contributed by atoms with E-state index in [0.717, 1.165) is 42.8 Å². The third-order valence-electron chi connectivity index (χ3n) is 3.43. The Bertz CT molecular complexity index is 524. The van der Waals surface area contributed by atoms with Gasteiger partial charge in [0.1, 0.15) is 0 Å². The van der Waals surface area contributed by atoms with Crippen molar-refractivity contribution in [1.29, 1.82) is 0 Å². The Morgan fingerprint density at radius 1 is 1.47 bits per heavy atom. The molecule has 0 unspecified atom stereocenters. The van der Waals surface area contributed by atoms with Gasteiger partial charge in [-0.1, -0.05) is 5.16 Å². The van der Waals surface area contributed by atoms with Gasteiger partial charge in [0.25, 0.3) is 0 Å². The van der Waals surface area contributed by atoms with Gasteiger partial charge in [-0.15, -0.1) is 11.3 Å². The van der Waals surface area contributed by atoms with Gasteiger partial charge in [0.05, 0.1) is 12.2 Å². The van der Waals surface area contributed by atoms with Crippen LogP contribution in [0.1, 0.15) is 18.4 Å². The predicted molar refractivity (Wildman–Crippen MR) is 75.4 cm³/mol. The van der Waals surface area contributed by atoms with Crippen molar-refractivity contribution in [2.45, 2.75) is 26.4 Å². The molecular formula is C13H18N4OS. The fourth-order valence-corrected chi connectivity index (χ4v) is 3.30. The Balaban J connectivity index is 1.61. The molecule has 0 aliphatic carbocycles. The lowest BCUT2D eigenvalue weighted by atomic mass is 10.2. The van der Waals surface area contributed by atoms with E-state index in [0.29, 0.717) is 6.04 Å². The highest BCUT2D eigenvalue weighted by Gasteiger charge is 2.25. The quantitative estimate of drug-likeness (QED) is 0.861. The first-order chi connectivity index (χ1) is 9.22. The molecule has 1 atom stereocenters. The van der Waals surface area contributed by atoms with Crippen LogP contribution in [0.4, 0.5) is 5.13 Å². The summed E-state index contributed by atoms with van der Waals surface area (Å²) in [6.07, 6.45) is 1.87.